The van der Waals surface area contributed by atoms with Crippen LogP contribution in [0.25, 0.3) is 11.4 Å². The van der Waals surface area contributed by atoms with Gasteiger partial charge >= 0.3 is 0 Å². The quantitative estimate of drug-likeness (QED) is 0.792. The molecule has 0 radical (unpaired) electrons. The van der Waals surface area contributed by atoms with E-state index in [9.17, 15) is 4.79 Å². The van der Waals surface area contributed by atoms with Crippen LogP contribution in [0, 0.1) is 6.92 Å². The molecule has 0 spiro atoms. The number of H-pyrrole nitrogens is 1. The Morgan fingerprint density at radius 3 is 3.00 bits per heavy atom. The molecule has 0 aliphatic heterocycles. The van der Waals surface area contributed by atoms with Crippen LogP contribution in [0.4, 0.5) is 0 Å². The third-order valence-electron chi connectivity index (χ3n) is 2.11. The van der Waals surface area contributed by atoms with Crippen molar-refractivity contribution >= 4 is 17.9 Å². The highest BCUT2D eigenvalue weighted by molar-refractivity contribution is 6.33. The molecule has 0 saturated heterocycles. The van der Waals surface area contributed by atoms with Crippen molar-refractivity contribution in [3.05, 3.63) is 34.6 Å². The van der Waals surface area contributed by atoms with Gasteiger partial charge in [0, 0.05) is 6.20 Å². The van der Waals surface area contributed by atoms with Gasteiger partial charge < -0.3 is 0 Å². The summed E-state index contributed by atoms with van der Waals surface area (Å²) in [5, 5.41) is 7.19. The average molecular weight is 222 g/mol. The number of pyridine rings is 1. The van der Waals surface area contributed by atoms with Crippen LogP contribution >= 0.6 is 11.6 Å². The first-order valence-corrected chi connectivity index (χ1v) is 4.73. The van der Waals surface area contributed by atoms with E-state index in [2.05, 4.69) is 15.2 Å². The number of carbonyl (C=O) groups is 1. The topological polar surface area (TPSA) is 58.6 Å². The summed E-state index contributed by atoms with van der Waals surface area (Å²) in [4.78, 5) is 15.0. The Morgan fingerprint density at radius 1 is 1.53 bits per heavy atom. The lowest BCUT2D eigenvalue weighted by Gasteiger charge is -1.99. The summed E-state index contributed by atoms with van der Waals surface area (Å²) in [5.74, 6) is 0. The largest absolute Gasteiger partial charge is 0.298 e. The molecule has 5 heteroatoms. The summed E-state index contributed by atoms with van der Waals surface area (Å²) >= 11 is 5.97. The highest BCUT2D eigenvalue weighted by Gasteiger charge is 2.14. The number of nitrogens with zero attached hydrogens (tertiary/aromatic N) is 2. The van der Waals surface area contributed by atoms with Crippen LogP contribution in [0.2, 0.25) is 5.02 Å². The molecule has 2 heterocycles. The van der Waals surface area contributed by atoms with Gasteiger partial charge in [-0.05, 0) is 19.1 Å². The van der Waals surface area contributed by atoms with Crippen molar-refractivity contribution in [3.63, 3.8) is 0 Å². The standard InChI is InChI=1S/C10H8ClN3O/c1-6-7(5-15)9(14-13-6)10-8(11)3-2-4-12-10/h2-5H,1H3,(H,13,14). The fraction of sp³-hybridized carbons (Fsp3) is 0.100. The van der Waals surface area contributed by atoms with Crippen LogP contribution < -0.4 is 0 Å². The number of hydrogen-bond acceptors (Lipinski definition) is 3. The zero-order chi connectivity index (χ0) is 10.8. The first kappa shape index (κ1) is 9.86. The highest BCUT2D eigenvalue weighted by atomic mass is 35.5. The number of hydrogen-bond donors (Lipinski definition) is 1. The lowest BCUT2D eigenvalue weighted by molar-refractivity contribution is 0.112. The summed E-state index contributed by atoms with van der Waals surface area (Å²) < 4.78 is 0. The van der Waals surface area contributed by atoms with Crippen LogP contribution in [-0.4, -0.2) is 21.5 Å². The van der Waals surface area contributed by atoms with Gasteiger partial charge in [0.05, 0.1) is 22.0 Å². The Morgan fingerprint density at radius 2 is 2.33 bits per heavy atom. The molecule has 1 N–H and O–H groups in total. The van der Waals surface area contributed by atoms with Crippen molar-refractivity contribution < 1.29 is 4.79 Å². The lowest BCUT2D eigenvalue weighted by atomic mass is 10.1. The van der Waals surface area contributed by atoms with Crippen molar-refractivity contribution in [2.45, 2.75) is 6.92 Å². The molecule has 0 aliphatic rings. The van der Waals surface area contributed by atoms with Crippen molar-refractivity contribution in [1.29, 1.82) is 0 Å². The van der Waals surface area contributed by atoms with Gasteiger partial charge in [-0.1, -0.05) is 11.6 Å². The number of halogens is 1. The molecule has 0 aliphatic carbocycles. The number of carbonyl (C=O) groups excluding carboxylic acids is 1. The number of aromatic amines is 1. The second-order valence-corrected chi connectivity index (χ2v) is 3.46. The SMILES string of the molecule is Cc1n[nH]c(-c2ncccc2Cl)c1C=O. The fourth-order valence-electron chi connectivity index (χ4n) is 1.34. The van der Waals surface area contributed by atoms with E-state index in [1.165, 1.54) is 0 Å². The number of nitrogens with one attached hydrogen (secondary N) is 1. The van der Waals surface area contributed by atoms with Crippen molar-refractivity contribution in [1.82, 2.24) is 15.2 Å². The third-order valence-corrected chi connectivity index (χ3v) is 2.41. The molecule has 0 aromatic carbocycles. The van der Waals surface area contributed by atoms with Gasteiger partial charge in [-0.15, -0.1) is 0 Å². The number of aromatic nitrogens is 3. The molecular formula is C10H8ClN3O. The molecule has 0 saturated carbocycles. The second kappa shape index (κ2) is 3.82. The first-order valence-electron chi connectivity index (χ1n) is 4.35. The van der Waals surface area contributed by atoms with E-state index in [-0.39, 0.29) is 0 Å². The minimum absolute atomic E-state index is 0.490. The maximum absolute atomic E-state index is 10.9. The van der Waals surface area contributed by atoms with Gasteiger partial charge in [0.2, 0.25) is 0 Å². The normalized spacial score (nSPS) is 10.3. The second-order valence-electron chi connectivity index (χ2n) is 3.05. The van der Waals surface area contributed by atoms with E-state index >= 15 is 0 Å². The predicted molar refractivity (Wildman–Crippen MR) is 57.0 cm³/mol. The number of aldehydes is 1. The monoisotopic (exact) mass is 221 g/mol. The van der Waals surface area contributed by atoms with Crippen LogP contribution in [0.1, 0.15) is 16.1 Å². The first-order chi connectivity index (χ1) is 7.24. The molecule has 2 aromatic heterocycles. The van der Waals surface area contributed by atoms with E-state index in [0.29, 0.717) is 27.7 Å². The van der Waals surface area contributed by atoms with E-state index < -0.39 is 0 Å². The van der Waals surface area contributed by atoms with Crippen molar-refractivity contribution in [2.75, 3.05) is 0 Å². The van der Waals surface area contributed by atoms with Gasteiger partial charge in [-0.25, -0.2) is 0 Å². The van der Waals surface area contributed by atoms with Gasteiger partial charge in [0.15, 0.2) is 6.29 Å². The molecule has 2 aromatic rings. The van der Waals surface area contributed by atoms with Gasteiger partial charge in [0.1, 0.15) is 5.69 Å². The molecule has 0 bridgehead atoms. The molecule has 0 fully saturated rings. The molecule has 76 valence electrons. The number of aryl methyl sites for hydroxylation is 1. The van der Waals surface area contributed by atoms with Crippen LogP contribution in [0.15, 0.2) is 18.3 Å². The Kier molecular flexibility index (Phi) is 2.51. The molecule has 0 amide bonds. The Hall–Kier alpha value is -1.68. The lowest BCUT2D eigenvalue weighted by Crippen LogP contribution is -1.89. The molecule has 2 rings (SSSR count). The van der Waals surface area contributed by atoms with Crippen molar-refractivity contribution in [3.8, 4) is 11.4 Å². The summed E-state index contributed by atoms with van der Waals surface area (Å²) in [6, 6.07) is 3.45. The van der Waals surface area contributed by atoms with Crippen LogP contribution in [-0.2, 0) is 0 Å². The van der Waals surface area contributed by atoms with Crippen LogP contribution in [0.3, 0.4) is 0 Å². The third kappa shape index (κ3) is 1.64. The molecule has 0 atom stereocenters. The summed E-state index contributed by atoms with van der Waals surface area (Å²) in [6.45, 7) is 1.75. The summed E-state index contributed by atoms with van der Waals surface area (Å²) in [5.41, 5.74) is 2.24. The minimum Gasteiger partial charge on any atom is -0.298 e. The van der Waals surface area contributed by atoms with E-state index in [1.54, 1.807) is 25.3 Å². The molecule has 15 heavy (non-hydrogen) atoms. The zero-order valence-electron chi connectivity index (χ0n) is 7.99. The highest BCUT2D eigenvalue weighted by Crippen LogP contribution is 2.26. The van der Waals surface area contributed by atoms with Crippen molar-refractivity contribution in [2.24, 2.45) is 0 Å². The van der Waals surface area contributed by atoms with E-state index in [1.807, 2.05) is 0 Å². The maximum Gasteiger partial charge on any atom is 0.154 e. The van der Waals surface area contributed by atoms with Crippen LogP contribution in [0.5, 0.6) is 0 Å². The average Bonchev–Trinajstić information content (AvgIpc) is 2.60. The van der Waals surface area contributed by atoms with Gasteiger partial charge in [-0.2, -0.15) is 5.10 Å². The smallest absolute Gasteiger partial charge is 0.154 e. The predicted octanol–water partition coefficient (Wildman–Crippen LogP) is 2.25. The zero-order valence-corrected chi connectivity index (χ0v) is 8.75. The Labute approximate surface area is 91.3 Å². The van der Waals surface area contributed by atoms with E-state index in [0.717, 1.165) is 6.29 Å². The minimum atomic E-state index is 0.490. The maximum atomic E-state index is 10.9. The van der Waals surface area contributed by atoms with E-state index in [4.69, 9.17) is 11.6 Å². The molecular weight excluding hydrogens is 214 g/mol. The fourth-order valence-corrected chi connectivity index (χ4v) is 1.55. The Bertz CT molecular complexity index is 507. The number of rotatable bonds is 2. The summed E-state index contributed by atoms with van der Waals surface area (Å²) in [6.07, 6.45) is 2.37. The van der Waals surface area contributed by atoms with Gasteiger partial charge in [0.25, 0.3) is 0 Å². The molecule has 4 nitrogen and oxygen atoms in total. The summed E-state index contributed by atoms with van der Waals surface area (Å²) in [7, 11) is 0. The van der Waals surface area contributed by atoms with Gasteiger partial charge in [-0.3, -0.25) is 14.9 Å². The Balaban J connectivity index is 2.64. The molecule has 0 unspecified atom stereocenters.